The maximum Gasteiger partial charge on any atom is 0.104 e. The Kier molecular flexibility index (Phi) is 2.28. The molecule has 0 aliphatic rings. The second-order valence-corrected chi connectivity index (χ2v) is 3.48. The number of rotatable bonds is 3. The van der Waals surface area contributed by atoms with Crippen LogP contribution in [0.25, 0.3) is 0 Å². The Morgan fingerprint density at radius 2 is 2.33 bits per heavy atom. The first-order valence-electron chi connectivity index (χ1n) is 3.84. The van der Waals surface area contributed by atoms with Gasteiger partial charge in [-0.2, -0.15) is 0 Å². The fourth-order valence-corrected chi connectivity index (χ4v) is 1.69. The van der Waals surface area contributed by atoms with E-state index in [-0.39, 0.29) is 0 Å². The predicted octanol–water partition coefficient (Wildman–Crippen LogP) is 3.14. The molecule has 2 heteroatoms. The van der Waals surface area contributed by atoms with Gasteiger partial charge in [0.15, 0.2) is 0 Å². The molecule has 0 saturated heterocycles. The normalized spacial score (nSPS) is 10.3. The molecule has 0 unspecified atom stereocenters. The number of hydrogen-bond acceptors (Lipinski definition) is 2. The van der Waals surface area contributed by atoms with Gasteiger partial charge in [-0.05, 0) is 23.6 Å². The summed E-state index contributed by atoms with van der Waals surface area (Å²) in [6.07, 6.45) is 4.76. The van der Waals surface area contributed by atoms with Gasteiger partial charge in [0, 0.05) is 17.7 Å². The monoisotopic (exact) mass is 177 g/mol. The Bertz CT molecular complexity index is 273. The topological polar surface area (TPSA) is 13.1 Å². The minimum absolute atomic E-state index is 0.882. The first-order chi connectivity index (χ1) is 5.95. The quantitative estimate of drug-likeness (QED) is 0.702. The van der Waals surface area contributed by atoms with E-state index in [0.29, 0.717) is 0 Å². The van der Waals surface area contributed by atoms with Crippen molar-refractivity contribution in [2.24, 2.45) is 0 Å². The molecular weight excluding hydrogens is 168 g/mol. The third-order valence-electron chi connectivity index (χ3n) is 1.63. The van der Waals surface area contributed by atoms with Crippen LogP contribution < -0.4 is 0 Å². The van der Waals surface area contributed by atoms with Crippen molar-refractivity contribution in [1.29, 1.82) is 0 Å². The standard InChI is InChI=1S/C10H9OS/c1-3-9(11-7-1)5-6-10-4-2-8-12-10/h1-4,6-8H,5H2. The predicted molar refractivity (Wildman–Crippen MR) is 50.1 cm³/mol. The Morgan fingerprint density at radius 1 is 1.33 bits per heavy atom. The van der Waals surface area contributed by atoms with E-state index in [2.05, 4.69) is 23.9 Å². The number of thiophene rings is 1. The van der Waals surface area contributed by atoms with Crippen LogP contribution in [0, 0.1) is 6.42 Å². The maximum atomic E-state index is 5.21. The van der Waals surface area contributed by atoms with Crippen LogP contribution in [-0.2, 0) is 6.42 Å². The summed E-state index contributed by atoms with van der Waals surface area (Å²) in [6, 6.07) is 8.06. The average molecular weight is 177 g/mol. The summed E-state index contributed by atoms with van der Waals surface area (Å²) in [5.74, 6) is 1.02. The number of hydrogen-bond donors (Lipinski definition) is 0. The van der Waals surface area contributed by atoms with Gasteiger partial charge in [-0.1, -0.05) is 6.07 Å². The minimum Gasteiger partial charge on any atom is -0.469 e. The van der Waals surface area contributed by atoms with Crippen molar-refractivity contribution in [2.75, 3.05) is 0 Å². The fourth-order valence-electron chi connectivity index (χ4n) is 1.04. The molecule has 2 aromatic rings. The first kappa shape index (κ1) is 7.62. The third kappa shape index (κ3) is 1.77. The highest BCUT2D eigenvalue weighted by Gasteiger charge is 1.97. The summed E-state index contributed by atoms with van der Waals surface area (Å²) >= 11 is 1.75. The van der Waals surface area contributed by atoms with Crippen molar-refractivity contribution in [3.63, 3.8) is 0 Å². The molecule has 0 saturated carbocycles. The zero-order valence-electron chi connectivity index (χ0n) is 6.57. The number of furan rings is 1. The zero-order valence-corrected chi connectivity index (χ0v) is 7.38. The molecule has 1 radical (unpaired) electrons. The van der Waals surface area contributed by atoms with Crippen LogP contribution in [0.1, 0.15) is 10.6 Å². The van der Waals surface area contributed by atoms with E-state index in [1.165, 1.54) is 4.88 Å². The van der Waals surface area contributed by atoms with Crippen molar-refractivity contribution < 1.29 is 4.42 Å². The minimum atomic E-state index is 0.882. The second kappa shape index (κ2) is 3.59. The van der Waals surface area contributed by atoms with E-state index in [1.807, 2.05) is 12.1 Å². The van der Waals surface area contributed by atoms with Gasteiger partial charge < -0.3 is 4.42 Å². The van der Waals surface area contributed by atoms with Gasteiger partial charge >= 0.3 is 0 Å². The molecule has 0 fully saturated rings. The molecule has 0 bridgehead atoms. The molecule has 1 nitrogen and oxygen atoms in total. The largest absolute Gasteiger partial charge is 0.469 e. The summed E-state index contributed by atoms with van der Waals surface area (Å²) in [5, 5.41) is 2.08. The first-order valence-corrected chi connectivity index (χ1v) is 4.72. The molecule has 0 aliphatic heterocycles. The van der Waals surface area contributed by atoms with Gasteiger partial charge in [0.1, 0.15) is 5.76 Å². The van der Waals surface area contributed by atoms with Crippen molar-refractivity contribution in [3.8, 4) is 0 Å². The molecule has 2 heterocycles. The van der Waals surface area contributed by atoms with Crippen LogP contribution in [0.5, 0.6) is 0 Å². The van der Waals surface area contributed by atoms with Gasteiger partial charge in [0.25, 0.3) is 0 Å². The molecule has 2 rings (SSSR count). The molecular formula is C10H9OS. The van der Waals surface area contributed by atoms with Crippen molar-refractivity contribution in [2.45, 2.75) is 6.42 Å². The third-order valence-corrected chi connectivity index (χ3v) is 2.50. The lowest BCUT2D eigenvalue weighted by Gasteiger charge is -1.92. The molecule has 61 valence electrons. The Balaban J connectivity index is 1.91. The SMILES string of the molecule is [CH](Cc1ccco1)c1cccs1. The summed E-state index contributed by atoms with van der Waals surface area (Å²) in [6.45, 7) is 0. The maximum absolute atomic E-state index is 5.21. The van der Waals surface area contributed by atoms with Crippen LogP contribution >= 0.6 is 11.3 Å². The van der Waals surface area contributed by atoms with Crippen LogP contribution in [0.3, 0.4) is 0 Å². The van der Waals surface area contributed by atoms with Crippen molar-refractivity contribution >= 4 is 11.3 Å². The summed E-state index contributed by atoms with van der Waals surface area (Å²) in [4.78, 5) is 1.30. The summed E-state index contributed by atoms with van der Waals surface area (Å²) in [5.41, 5.74) is 0. The van der Waals surface area contributed by atoms with Crippen LogP contribution in [0.4, 0.5) is 0 Å². The molecule has 0 N–H and O–H groups in total. The van der Waals surface area contributed by atoms with E-state index >= 15 is 0 Å². The van der Waals surface area contributed by atoms with E-state index in [1.54, 1.807) is 17.6 Å². The van der Waals surface area contributed by atoms with Gasteiger partial charge in [-0.15, -0.1) is 11.3 Å². The van der Waals surface area contributed by atoms with Gasteiger partial charge in [-0.3, -0.25) is 0 Å². The highest BCUT2D eigenvalue weighted by atomic mass is 32.1. The Hall–Kier alpha value is -1.02. The highest BCUT2D eigenvalue weighted by molar-refractivity contribution is 7.10. The molecule has 0 aromatic carbocycles. The zero-order chi connectivity index (χ0) is 8.23. The van der Waals surface area contributed by atoms with E-state index < -0.39 is 0 Å². The molecule has 2 aromatic heterocycles. The Morgan fingerprint density at radius 3 is 3.00 bits per heavy atom. The molecule has 0 aliphatic carbocycles. The van der Waals surface area contributed by atoms with Crippen molar-refractivity contribution in [1.82, 2.24) is 0 Å². The lowest BCUT2D eigenvalue weighted by atomic mass is 10.2. The fraction of sp³-hybridized carbons (Fsp3) is 0.100. The second-order valence-electron chi connectivity index (χ2n) is 2.50. The average Bonchev–Trinajstić information content (AvgIpc) is 2.74. The molecule has 0 atom stereocenters. The summed E-state index contributed by atoms with van der Waals surface area (Å²) in [7, 11) is 0. The van der Waals surface area contributed by atoms with Crippen LogP contribution in [0.15, 0.2) is 40.3 Å². The summed E-state index contributed by atoms with van der Waals surface area (Å²) < 4.78 is 5.21. The van der Waals surface area contributed by atoms with Gasteiger partial charge in [0.05, 0.1) is 6.26 Å². The van der Waals surface area contributed by atoms with E-state index in [0.717, 1.165) is 12.2 Å². The lowest BCUT2D eigenvalue weighted by Crippen LogP contribution is -1.81. The molecule has 0 spiro atoms. The van der Waals surface area contributed by atoms with Crippen LogP contribution in [0.2, 0.25) is 0 Å². The lowest BCUT2D eigenvalue weighted by molar-refractivity contribution is 0.520. The molecule has 12 heavy (non-hydrogen) atoms. The highest BCUT2D eigenvalue weighted by Crippen LogP contribution is 2.14. The van der Waals surface area contributed by atoms with Gasteiger partial charge in [0.2, 0.25) is 0 Å². The van der Waals surface area contributed by atoms with Crippen LogP contribution in [-0.4, -0.2) is 0 Å². The molecule has 0 amide bonds. The Labute approximate surface area is 75.7 Å². The smallest absolute Gasteiger partial charge is 0.104 e. The van der Waals surface area contributed by atoms with Crippen molar-refractivity contribution in [3.05, 3.63) is 53.0 Å². The van der Waals surface area contributed by atoms with E-state index in [9.17, 15) is 0 Å². The van der Waals surface area contributed by atoms with E-state index in [4.69, 9.17) is 4.42 Å². The van der Waals surface area contributed by atoms with Gasteiger partial charge in [-0.25, -0.2) is 0 Å².